The van der Waals surface area contributed by atoms with E-state index in [9.17, 15) is 8.42 Å². The number of rotatable bonds is 3. The second-order valence-electron chi connectivity index (χ2n) is 3.50. The van der Waals surface area contributed by atoms with Crippen LogP contribution in [0.5, 0.6) is 0 Å². The standard InChI is InChI=1S/C8H13N3O2S/c1-11(7-3-2-4-7)14(12,13)8-9-5-6-10-8/h5-7H,2-4H2,1H3,(H,9,10). The number of hydrogen-bond donors (Lipinski definition) is 1. The Morgan fingerprint density at radius 2 is 2.29 bits per heavy atom. The molecule has 0 unspecified atom stereocenters. The van der Waals surface area contributed by atoms with E-state index in [0.717, 1.165) is 19.3 Å². The Morgan fingerprint density at radius 1 is 1.57 bits per heavy atom. The summed E-state index contributed by atoms with van der Waals surface area (Å²) in [6, 6.07) is 0.157. The fraction of sp³-hybridized carbons (Fsp3) is 0.625. The molecule has 1 N–H and O–H groups in total. The first kappa shape index (κ1) is 9.67. The van der Waals surface area contributed by atoms with Gasteiger partial charge < -0.3 is 4.98 Å². The van der Waals surface area contributed by atoms with Gasteiger partial charge in [0.2, 0.25) is 5.16 Å². The lowest BCUT2D eigenvalue weighted by molar-refractivity contribution is 0.248. The van der Waals surface area contributed by atoms with Crippen LogP contribution in [-0.2, 0) is 10.0 Å². The van der Waals surface area contributed by atoms with Crippen LogP contribution in [0.2, 0.25) is 0 Å². The third-order valence-electron chi connectivity index (χ3n) is 2.69. The number of nitrogens with zero attached hydrogens (tertiary/aromatic N) is 2. The van der Waals surface area contributed by atoms with Crippen molar-refractivity contribution in [1.29, 1.82) is 0 Å². The quantitative estimate of drug-likeness (QED) is 0.802. The van der Waals surface area contributed by atoms with E-state index in [2.05, 4.69) is 9.97 Å². The van der Waals surface area contributed by atoms with Crippen LogP contribution in [0.3, 0.4) is 0 Å². The maximum absolute atomic E-state index is 11.9. The van der Waals surface area contributed by atoms with Crippen molar-refractivity contribution in [1.82, 2.24) is 14.3 Å². The summed E-state index contributed by atoms with van der Waals surface area (Å²) in [6.45, 7) is 0. The Bertz CT molecular complexity index is 394. The highest BCUT2D eigenvalue weighted by Crippen LogP contribution is 2.27. The van der Waals surface area contributed by atoms with Crippen LogP contribution in [-0.4, -0.2) is 35.8 Å². The van der Waals surface area contributed by atoms with Gasteiger partial charge in [-0.2, -0.15) is 4.31 Å². The average Bonchev–Trinajstić information content (AvgIpc) is 2.52. The van der Waals surface area contributed by atoms with Gasteiger partial charge in [-0.1, -0.05) is 6.42 Å². The molecular formula is C8H13N3O2S. The average molecular weight is 215 g/mol. The molecule has 1 heterocycles. The van der Waals surface area contributed by atoms with Gasteiger partial charge in [-0.15, -0.1) is 0 Å². The number of H-pyrrole nitrogens is 1. The fourth-order valence-electron chi connectivity index (χ4n) is 1.47. The molecule has 0 spiro atoms. The zero-order valence-corrected chi connectivity index (χ0v) is 8.79. The molecule has 0 saturated heterocycles. The van der Waals surface area contributed by atoms with E-state index in [0.29, 0.717) is 0 Å². The van der Waals surface area contributed by atoms with Gasteiger partial charge in [-0.3, -0.25) is 0 Å². The van der Waals surface area contributed by atoms with Crippen molar-refractivity contribution in [2.75, 3.05) is 7.05 Å². The minimum absolute atomic E-state index is 0.0342. The molecule has 0 amide bonds. The number of hydrogen-bond acceptors (Lipinski definition) is 3. The molecule has 1 aromatic rings. The molecule has 1 aromatic heterocycles. The summed E-state index contributed by atoms with van der Waals surface area (Å²) in [5, 5.41) is 0.0342. The maximum Gasteiger partial charge on any atom is 0.276 e. The molecule has 1 fully saturated rings. The van der Waals surface area contributed by atoms with E-state index in [1.54, 1.807) is 7.05 Å². The summed E-state index contributed by atoms with van der Waals surface area (Å²) in [6.07, 6.45) is 5.98. The van der Waals surface area contributed by atoms with Crippen LogP contribution in [0.4, 0.5) is 0 Å². The zero-order valence-electron chi connectivity index (χ0n) is 7.97. The lowest BCUT2D eigenvalue weighted by Gasteiger charge is -2.32. The molecule has 14 heavy (non-hydrogen) atoms. The summed E-state index contributed by atoms with van der Waals surface area (Å²) < 4.78 is 25.1. The molecule has 6 heteroatoms. The van der Waals surface area contributed by atoms with Crippen LogP contribution >= 0.6 is 0 Å². The second kappa shape index (κ2) is 3.36. The molecule has 0 radical (unpaired) electrons. The van der Waals surface area contributed by atoms with Crippen LogP contribution in [0.1, 0.15) is 19.3 Å². The summed E-state index contributed by atoms with van der Waals surface area (Å²) in [4.78, 5) is 6.39. The van der Waals surface area contributed by atoms with Crippen molar-refractivity contribution in [2.24, 2.45) is 0 Å². The molecule has 1 aliphatic carbocycles. The summed E-state index contributed by atoms with van der Waals surface area (Å²) in [5.74, 6) is 0. The van der Waals surface area contributed by atoms with Crippen molar-refractivity contribution < 1.29 is 8.42 Å². The number of sulfonamides is 1. The summed E-state index contributed by atoms with van der Waals surface area (Å²) in [5.41, 5.74) is 0. The number of imidazole rings is 1. The normalized spacial score (nSPS) is 18.4. The third-order valence-corrected chi connectivity index (χ3v) is 4.45. The number of aromatic nitrogens is 2. The van der Waals surface area contributed by atoms with Gasteiger partial charge >= 0.3 is 0 Å². The van der Waals surface area contributed by atoms with Gasteiger partial charge in [0.25, 0.3) is 10.0 Å². The molecule has 5 nitrogen and oxygen atoms in total. The second-order valence-corrected chi connectivity index (χ2v) is 5.41. The van der Waals surface area contributed by atoms with E-state index in [1.807, 2.05) is 0 Å². The molecule has 0 atom stereocenters. The first-order chi connectivity index (χ1) is 6.62. The predicted molar refractivity (Wildman–Crippen MR) is 51.2 cm³/mol. The monoisotopic (exact) mass is 215 g/mol. The first-order valence-electron chi connectivity index (χ1n) is 4.60. The van der Waals surface area contributed by atoms with Crippen LogP contribution in [0.15, 0.2) is 17.6 Å². The molecular weight excluding hydrogens is 202 g/mol. The Labute approximate surface area is 83.2 Å². The van der Waals surface area contributed by atoms with Gasteiger partial charge in [-0.05, 0) is 12.8 Å². The van der Waals surface area contributed by atoms with Crippen molar-refractivity contribution in [3.63, 3.8) is 0 Å². The lowest BCUT2D eigenvalue weighted by Crippen LogP contribution is -2.41. The largest absolute Gasteiger partial charge is 0.334 e. The van der Waals surface area contributed by atoms with Crippen molar-refractivity contribution >= 4 is 10.0 Å². The van der Waals surface area contributed by atoms with E-state index >= 15 is 0 Å². The van der Waals surface area contributed by atoms with Crippen molar-refractivity contribution in [3.8, 4) is 0 Å². The van der Waals surface area contributed by atoms with E-state index in [-0.39, 0.29) is 11.2 Å². The third kappa shape index (κ3) is 1.44. The van der Waals surface area contributed by atoms with Gasteiger partial charge in [-0.25, -0.2) is 13.4 Å². The Morgan fingerprint density at radius 3 is 2.71 bits per heavy atom. The highest BCUT2D eigenvalue weighted by atomic mass is 32.2. The maximum atomic E-state index is 11.9. The number of nitrogens with one attached hydrogen (secondary N) is 1. The Balaban J connectivity index is 2.23. The van der Waals surface area contributed by atoms with Crippen LogP contribution in [0.25, 0.3) is 0 Å². The minimum atomic E-state index is -3.39. The van der Waals surface area contributed by atoms with E-state index < -0.39 is 10.0 Å². The van der Waals surface area contributed by atoms with E-state index in [4.69, 9.17) is 0 Å². The molecule has 78 valence electrons. The molecule has 2 rings (SSSR count). The summed E-state index contributed by atoms with van der Waals surface area (Å²) >= 11 is 0. The Kier molecular flexibility index (Phi) is 2.32. The zero-order chi connectivity index (χ0) is 10.2. The lowest BCUT2D eigenvalue weighted by atomic mass is 9.94. The number of aromatic amines is 1. The van der Waals surface area contributed by atoms with E-state index in [1.165, 1.54) is 16.7 Å². The molecule has 0 aromatic carbocycles. The van der Waals surface area contributed by atoms with Gasteiger partial charge in [0.05, 0.1) is 0 Å². The predicted octanol–water partition coefficient (Wildman–Crippen LogP) is 0.583. The highest BCUT2D eigenvalue weighted by Gasteiger charge is 2.32. The smallest absolute Gasteiger partial charge is 0.276 e. The minimum Gasteiger partial charge on any atom is -0.334 e. The molecule has 0 aliphatic heterocycles. The topological polar surface area (TPSA) is 66.1 Å². The van der Waals surface area contributed by atoms with Gasteiger partial charge in [0, 0.05) is 25.5 Å². The van der Waals surface area contributed by atoms with Crippen molar-refractivity contribution in [2.45, 2.75) is 30.5 Å². The van der Waals surface area contributed by atoms with Gasteiger partial charge in [0.1, 0.15) is 0 Å². The van der Waals surface area contributed by atoms with Crippen molar-refractivity contribution in [3.05, 3.63) is 12.4 Å². The molecule has 0 bridgehead atoms. The molecule has 1 saturated carbocycles. The first-order valence-corrected chi connectivity index (χ1v) is 6.04. The highest BCUT2D eigenvalue weighted by molar-refractivity contribution is 7.88. The SMILES string of the molecule is CN(C1CCC1)S(=O)(=O)c1ncc[nH]1. The molecule has 1 aliphatic rings. The van der Waals surface area contributed by atoms with Crippen LogP contribution in [0, 0.1) is 0 Å². The van der Waals surface area contributed by atoms with Crippen LogP contribution < -0.4 is 0 Å². The Hall–Kier alpha value is -0.880. The summed E-state index contributed by atoms with van der Waals surface area (Å²) in [7, 11) is -1.78. The van der Waals surface area contributed by atoms with Gasteiger partial charge in [0.15, 0.2) is 0 Å². The fourth-order valence-corrected chi connectivity index (χ4v) is 2.76.